The Hall–Kier alpha value is -0.266. The summed E-state index contributed by atoms with van der Waals surface area (Å²) >= 11 is 2.01. The van der Waals surface area contributed by atoms with Gasteiger partial charge in [0.05, 0.1) is 0 Å². The summed E-state index contributed by atoms with van der Waals surface area (Å²) in [6.07, 6.45) is 3.71. The third-order valence-corrected chi connectivity index (χ3v) is 1.58. The van der Waals surface area contributed by atoms with Gasteiger partial charge in [0.1, 0.15) is 0 Å². The van der Waals surface area contributed by atoms with E-state index in [1.807, 2.05) is 43.6 Å². The number of aryl methyl sites for hydroxylation is 1. The summed E-state index contributed by atoms with van der Waals surface area (Å²) in [7, 11) is 0. The van der Waals surface area contributed by atoms with Crippen LogP contribution in [0.2, 0.25) is 0 Å². The fourth-order valence-corrected chi connectivity index (χ4v) is 0.904. The topological polar surface area (TPSA) is 12.9 Å². The van der Waals surface area contributed by atoms with Crippen LogP contribution in [0, 0.1) is 6.92 Å². The first-order valence-corrected chi connectivity index (χ1v) is 3.65. The van der Waals surface area contributed by atoms with E-state index in [2.05, 4.69) is 11.1 Å². The molecule has 0 fully saturated rings. The van der Waals surface area contributed by atoms with E-state index in [0.717, 1.165) is 0 Å². The Bertz CT molecular complexity index is 220. The van der Waals surface area contributed by atoms with Gasteiger partial charge in [0.15, 0.2) is 0 Å². The van der Waals surface area contributed by atoms with E-state index >= 15 is 0 Å². The molecule has 0 spiro atoms. The predicted molar refractivity (Wildman–Crippen MR) is 34.1 cm³/mol. The van der Waals surface area contributed by atoms with Crippen LogP contribution in [0.25, 0.3) is 0 Å². The average molecular weight is 153 g/mol. The molecule has 2 heteroatoms. The van der Waals surface area contributed by atoms with Crippen molar-refractivity contribution in [3.63, 3.8) is 0 Å². The maximum atomic E-state index is 4.02. The summed E-state index contributed by atoms with van der Waals surface area (Å²) in [5, 5.41) is 0. The zero-order valence-electron chi connectivity index (χ0n) is 5.26. The molecule has 9 heavy (non-hydrogen) atoms. The van der Waals surface area contributed by atoms with Gasteiger partial charge in [-0.2, -0.15) is 0 Å². The van der Waals surface area contributed by atoms with E-state index in [4.69, 9.17) is 0 Å². The van der Waals surface area contributed by atoms with Crippen LogP contribution in [0.1, 0.15) is 11.1 Å². The first kappa shape index (κ1) is 6.85. The third kappa shape index (κ3) is 1.85. The summed E-state index contributed by atoms with van der Waals surface area (Å²) in [6.45, 7) is 2.04. The van der Waals surface area contributed by atoms with Crippen molar-refractivity contribution in [1.82, 2.24) is 4.98 Å². The Morgan fingerprint density at radius 3 is 2.78 bits per heavy atom. The Morgan fingerprint density at radius 2 is 2.33 bits per heavy atom. The second kappa shape index (κ2) is 3.04. The molecule has 0 aliphatic heterocycles. The second-order valence-electron chi connectivity index (χ2n) is 1.94. The first-order valence-electron chi connectivity index (χ1n) is 2.75. The predicted octanol–water partition coefficient (Wildman–Crippen LogP) is 1.09. The van der Waals surface area contributed by atoms with Gasteiger partial charge in [-0.25, -0.2) is 0 Å². The van der Waals surface area contributed by atoms with E-state index in [0.29, 0.717) is 0 Å². The van der Waals surface area contributed by atoms with Crippen LogP contribution in [0.3, 0.4) is 0 Å². The number of rotatable bonds is 1. The minimum atomic E-state index is 1.19. The van der Waals surface area contributed by atoms with Crippen LogP contribution in [0.15, 0.2) is 18.5 Å². The Morgan fingerprint density at radius 1 is 1.56 bits per heavy atom. The van der Waals surface area contributed by atoms with Crippen molar-refractivity contribution in [2.24, 2.45) is 0 Å². The molecule has 0 radical (unpaired) electrons. The molecule has 0 aliphatic carbocycles. The number of hydrogen-bond acceptors (Lipinski definition) is 1. The third-order valence-electron chi connectivity index (χ3n) is 1.06. The van der Waals surface area contributed by atoms with E-state index in [9.17, 15) is 0 Å². The minimum absolute atomic E-state index is 1.19. The van der Waals surface area contributed by atoms with Crippen molar-refractivity contribution in [2.45, 2.75) is 6.92 Å². The molecule has 0 N–H and O–H groups in total. The number of hydrogen-bond donors (Lipinski definition) is 0. The van der Waals surface area contributed by atoms with Crippen molar-refractivity contribution < 1.29 is 20.0 Å². The standard InChI is InChI=1S/C7H7N.Ti/c1-6-3-7(2)5-8-4-6;/h1,3-5H,2H3;. The Balaban J connectivity index is 3.07. The van der Waals surface area contributed by atoms with Gasteiger partial charge < -0.3 is 0 Å². The zero-order chi connectivity index (χ0) is 6.69. The van der Waals surface area contributed by atoms with Gasteiger partial charge in [0.25, 0.3) is 0 Å². The van der Waals surface area contributed by atoms with Gasteiger partial charge in [-0.05, 0) is 0 Å². The molecule has 0 unspecified atom stereocenters. The van der Waals surface area contributed by atoms with Crippen LogP contribution in [0.4, 0.5) is 0 Å². The van der Waals surface area contributed by atoms with E-state index in [-0.39, 0.29) is 0 Å². The van der Waals surface area contributed by atoms with Crippen LogP contribution < -0.4 is 0 Å². The van der Waals surface area contributed by atoms with Crippen molar-refractivity contribution in [3.05, 3.63) is 29.6 Å². The molecule has 0 amide bonds. The number of aromatic nitrogens is 1. The maximum absolute atomic E-state index is 4.02. The molecule has 0 aliphatic rings. The van der Waals surface area contributed by atoms with Crippen molar-refractivity contribution in [2.75, 3.05) is 0 Å². The number of pyridine rings is 1. The molecule has 1 aromatic rings. The first-order chi connectivity index (χ1) is 4.33. The van der Waals surface area contributed by atoms with Crippen LogP contribution in [-0.2, 0) is 20.0 Å². The summed E-state index contributed by atoms with van der Waals surface area (Å²) in [5.74, 6) is 0. The fourth-order valence-electron chi connectivity index (χ4n) is 0.657. The molecule has 0 saturated carbocycles. The number of nitrogens with zero attached hydrogens (tertiary/aromatic N) is 1. The molecule has 1 heterocycles. The van der Waals surface area contributed by atoms with Crippen LogP contribution >= 0.6 is 0 Å². The summed E-state index contributed by atoms with van der Waals surface area (Å²) in [5.41, 5.74) is 2.40. The van der Waals surface area contributed by atoms with Gasteiger partial charge in [-0.15, -0.1) is 0 Å². The van der Waals surface area contributed by atoms with E-state index < -0.39 is 0 Å². The Kier molecular flexibility index (Phi) is 2.32. The van der Waals surface area contributed by atoms with Gasteiger partial charge in [-0.1, -0.05) is 0 Å². The van der Waals surface area contributed by atoms with E-state index in [1.54, 1.807) is 0 Å². The van der Waals surface area contributed by atoms with Gasteiger partial charge >= 0.3 is 65.8 Å². The molecule has 0 saturated heterocycles. The summed E-state index contributed by atoms with van der Waals surface area (Å²) < 4.78 is 2.04. The van der Waals surface area contributed by atoms with Gasteiger partial charge in [0, 0.05) is 0 Å². The molecule has 1 nitrogen and oxygen atoms in total. The molecule has 44 valence electrons. The molecule has 1 aromatic heterocycles. The molecule has 1 rings (SSSR count). The average Bonchev–Trinajstić information content (AvgIpc) is 1.88. The molecular formula is C7H7NTi. The molecule has 0 atom stereocenters. The van der Waals surface area contributed by atoms with Crippen molar-refractivity contribution in [1.29, 1.82) is 0 Å². The van der Waals surface area contributed by atoms with Crippen LogP contribution in [-0.4, -0.2) is 9.30 Å². The van der Waals surface area contributed by atoms with E-state index in [1.165, 1.54) is 11.1 Å². The SMILES string of the molecule is Cc1cncc([CH]=[Ti])c1. The quantitative estimate of drug-likeness (QED) is 0.550. The van der Waals surface area contributed by atoms with Gasteiger partial charge in [0.2, 0.25) is 0 Å². The normalized spacial score (nSPS) is 8.89. The molecule has 0 aromatic carbocycles. The fraction of sp³-hybridized carbons (Fsp3) is 0.143. The van der Waals surface area contributed by atoms with Crippen molar-refractivity contribution in [3.8, 4) is 0 Å². The monoisotopic (exact) mass is 153 g/mol. The van der Waals surface area contributed by atoms with Crippen molar-refractivity contribution >= 4 is 4.31 Å². The van der Waals surface area contributed by atoms with Crippen LogP contribution in [0.5, 0.6) is 0 Å². The molecule has 0 bridgehead atoms. The summed E-state index contributed by atoms with van der Waals surface area (Å²) in [6, 6.07) is 2.10. The second-order valence-corrected chi connectivity index (χ2v) is 2.39. The summed E-state index contributed by atoms with van der Waals surface area (Å²) in [4.78, 5) is 4.02. The zero-order valence-corrected chi connectivity index (χ0v) is 6.82. The van der Waals surface area contributed by atoms with Gasteiger partial charge in [-0.3, -0.25) is 0 Å². The molecular weight excluding hydrogens is 146 g/mol. The Labute approximate surface area is 66.0 Å².